The lowest BCUT2D eigenvalue weighted by atomic mass is 10.2. The van der Waals surface area contributed by atoms with Crippen molar-refractivity contribution in [1.82, 2.24) is 10.2 Å². The van der Waals surface area contributed by atoms with E-state index >= 15 is 0 Å². The van der Waals surface area contributed by atoms with Crippen LogP contribution >= 0.6 is 0 Å². The van der Waals surface area contributed by atoms with Crippen molar-refractivity contribution in [2.75, 3.05) is 32.1 Å². The van der Waals surface area contributed by atoms with Crippen LogP contribution in [0.25, 0.3) is 0 Å². The summed E-state index contributed by atoms with van der Waals surface area (Å²) in [6, 6.07) is 14.2. The fourth-order valence-corrected chi connectivity index (χ4v) is 2.46. The highest BCUT2D eigenvalue weighted by Gasteiger charge is 2.16. The zero-order valence-electron chi connectivity index (χ0n) is 16.3. The van der Waals surface area contributed by atoms with Gasteiger partial charge in [-0.15, -0.1) is 0 Å². The van der Waals surface area contributed by atoms with Gasteiger partial charge in [-0.2, -0.15) is 0 Å². The molecule has 7 nitrogen and oxygen atoms in total. The second kappa shape index (κ2) is 10.1. The molecule has 7 heteroatoms. The smallest absolute Gasteiger partial charge is 0.255 e. The number of nitrogens with one attached hydrogen (secondary N) is 2. The topological polar surface area (TPSA) is 87.7 Å². The maximum Gasteiger partial charge on any atom is 0.255 e. The van der Waals surface area contributed by atoms with Crippen molar-refractivity contribution in [3.05, 3.63) is 59.7 Å². The lowest BCUT2D eigenvalue weighted by molar-refractivity contribution is -0.132. The molecule has 0 radical (unpaired) electrons. The van der Waals surface area contributed by atoms with E-state index in [1.165, 1.54) is 11.9 Å². The van der Waals surface area contributed by atoms with Crippen molar-refractivity contribution in [3.8, 4) is 5.75 Å². The summed E-state index contributed by atoms with van der Waals surface area (Å²) in [5, 5.41) is 5.30. The third kappa shape index (κ3) is 6.12. The number of hydrogen-bond acceptors (Lipinski definition) is 4. The number of amides is 3. The normalized spacial score (nSPS) is 10.1. The van der Waals surface area contributed by atoms with Crippen LogP contribution in [0, 0.1) is 6.92 Å². The molecule has 0 unspecified atom stereocenters. The quantitative estimate of drug-likeness (QED) is 0.732. The van der Waals surface area contributed by atoms with Gasteiger partial charge in [0.1, 0.15) is 5.75 Å². The van der Waals surface area contributed by atoms with E-state index in [9.17, 15) is 14.4 Å². The summed E-state index contributed by atoms with van der Waals surface area (Å²) in [4.78, 5) is 37.9. The van der Waals surface area contributed by atoms with Crippen LogP contribution in [0.1, 0.15) is 22.8 Å². The molecule has 2 aromatic carbocycles. The Bertz CT molecular complexity index is 834. The van der Waals surface area contributed by atoms with E-state index in [2.05, 4.69) is 10.6 Å². The number of carbonyl (C=O) groups is 3. The van der Waals surface area contributed by atoms with Gasteiger partial charge in [-0.3, -0.25) is 14.4 Å². The number of rotatable bonds is 8. The Morgan fingerprint density at radius 3 is 2.39 bits per heavy atom. The van der Waals surface area contributed by atoms with Crippen molar-refractivity contribution in [3.63, 3.8) is 0 Å². The first-order chi connectivity index (χ1) is 13.4. The van der Waals surface area contributed by atoms with Gasteiger partial charge in [0, 0.05) is 12.7 Å². The van der Waals surface area contributed by atoms with E-state index in [0.717, 1.165) is 5.56 Å². The number of nitrogens with zero attached hydrogens (tertiary/aromatic N) is 1. The minimum Gasteiger partial charge on any atom is -0.493 e. The molecule has 0 aliphatic heterocycles. The molecule has 0 spiro atoms. The fourth-order valence-electron chi connectivity index (χ4n) is 2.46. The van der Waals surface area contributed by atoms with E-state index in [0.29, 0.717) is 23.6 Å². The molecule has 148 valence electrons. The van der Waals surface area contributed by atoms with E-state index in [1.54, 1.807) is 36.4 Å². The zero-order chi connectivity index (χ0) is 20.5. The molecular formula is C21H25N3O4. The average molecular weight is 383 g/mol. The monoisotopic (exact) mass is 383 g/mol. The molecule has 0 heterocycles. The maximum absolute atomic E-state index is 12.3. The van der Waals surface area contributed by atoms with Gasteiger partial charge >= 0.3 is 0 Å². The Kier molecular flexibility index (Phi) is 7.56. The van der Waals surface area contributed by atoms with Crippen molar-refractivity contribution < 1.29 is 19.1 Å². The molecule has 3 amide bonds. The maximum atomic E-state index is 12.3. The molecule has 0 saturated heterocycles. The Balaban J connectivity index is 1.84. The lowest BCUT2D eigenvalue weighted by Crippen LogP contribution is -2.41. The first-order valence-corrected chi connectivity index (χ1v) is 9.01. The minimum atomic E-state index is -0.407. The third-order valence-electron chi connectivity index (χ3n) is 3.97. The number of ether oxygens (including phenoxy) is 1. The molecule has 0 saturated carbocycles. The van der Waals surface area contributed by atoms with Gasteiger partial charge < -0.3 is 20.3 Å². The lowest BCUT2D eigenvalue weighted by Gasteiger charge is -2.17. The molecule has 0 aliphatic rings. The summed E-state index contributed by atoms with van der Waals surface area (Å²) in [7, 11) is 1.51. The fraction of sp³-hybridized carbons (Fsp3) is 0.286. The Labute approximate surface area is 164 Å². The van der Waals surface area contributed by atoms with E-state index in [4.69, 9.17) is 4.74 Å². The predicted octanol–water partition coefficient (Wildman–Crippen LogP) is 2.22. The zero-order valence-corrected chi connectivity index (χ0v) is 16.3. The largest absolute Gasteiger partial charge is 0.493 e. The van der Waals surface area contributed by atoms with Crippen molar-refractivity contribution in [1.29, 1.82) is 0 Å². The highest BCUT2D eigenvalue weighted by atomic mass is 16.5. The van der Waals surface area contributed by atoms with Gasteiger partial charge in [0.2, 0.25) is 11.8 Å². The first kappa shape index (κ1) is 21.0. The average Bonchev–Trinajstić information content (AvgIpc) is 2.68. The van der Waals surface area contributed by atoms with Crippen LogP contribution in [0.4, 0.5) is 5.69 Å². The Morgan fingerprint density at radius 1 is 1.04 bits per heavy atom. The van der Waals surface area contributed by atoms with Gasteiger partial charge in [0.25, 0.3) is 5.91 Å². The molecule has 0 fully saturated rings. The highest BCUT2D eigenvalue weighted by Crippen LogP contribution is 2.17. The number of benzene rings is 2. The molecule has 28 heavy (non-hydrogen) atoms. The third-order valence-corrected chi connectivity index (χ3v) is 3.97. The number of likely N-dealkylation sites (N-methyl/N-ethyl adjacent to an activating group) is 1. The number of anilines is 1. The molecule has 0 aromatic heterocycles. The van der Waals surface area contributed by atoms with E-state index in [1.807, 2.05) is 26.0 Å². The van der Waals surface area contributed by atoms with Gasteiger partial charge in [0.05, 0.1) is 25.3 Å². The van der Waals surface area contributed by atoms with Gasteiger partial charge in [0.15, 0.2) is 0 Å². The summed E-state index contributed by atoms with van der Waals surface area (Å²) in [6.07, 6.45) is 0. The molecular weight excluding hydrogens is 358 g/mol. The summed E-state index contributed by atoms with van der Waals surface area (Å²) < 4.78 is 5.42. The minimum absolute atomic E-state index is 0.113. The van der Waals surface area contributed by atoms with Crippen LogP contribution in [0.2, 0.25) is 0 Å². The highest BCUT2D eigenvalue weighted by molar-refractivity contribution is 5.99. The summed E-state index contributed by atoms with van der Waals surface area (Å²) in [5.41, 5.74) is 2.11. The molecule has 2 aromatic rings. The summed E-state index contributed by atoms with van der Waals surface area (Å²) in [6.45, 7) is 3.89. The van der Waals surface area contributed by atoms with Gasteiger partial charge in [-0.05, 0) is 38.1 Å². The second-order valence-electron chi connectivity index (χ2n) is 6.28. The van der Waals surface area contributed by atoms with Crippen LogP contribution in [-0.4, -0.2) is 49.4 Å². The summed E-state index contributed by atoms with van der Waals surface area (Å²) in [5.74, 6) is -0.635. The molecule has 2 rings (SSSR count). The number of para-hydroxylation sites is 1. The van der Waals surface area contributed by atoms with Crippen molar-refractivity contribution in [2.45, 2.75) is 13.8 Å². The van der Waals surface area contributed by atoms with Crippen molar-refractivity contribution >= 4 is 23.4 Å². The number of aryl methyl sites for hydroxylation is 1. The molecule has 0 aliphatic carbocycles. The molecule has 0 atom stereocenters. The van der Waals surface area contributed by atoms with Crippen LogP contribution in [0.3, 0.4) is 0 Å². The van der Waals surface area contributed by atoms with E-state index < -0.39 is 5.91 Å². The molecule has 2 N–H and O–H groups in total. The standard InChI is InChI=1S/C21H25N3O4/c1-4-28-18-8-6-5-7-17(18)21(27)22-13-20(26)24(3)14-19(25)23-16-11-9-15(2)10-12-16/h5-12H,4,13-14H2,1-3H3,(H,22,27)(H,23,25). The van der Waals surface area contributed by atoms with Crippen molar-refractivity contribution in [2.24, 2.45) is 0 Å². The first-order valence-electron chi connectivity index (χ1n) is 9.01. The molecule has 0 bridgehead atoms. The predicted molar refractivity (Wildman–Crippen MR) is 107 cm³/mol. The van der Waals surface area contributed by atoms with Gasteiger partial charge in [-0.1, -0.05) is 29.8 Å². The Hall–Kier alpha value is -3.35. The van der Waals surface area contributed by atoms with Crippen LogP contribution in [0.5, 0.6) is 5.75 Å². The number of hydrogen-bond donors (Lipinski definition) is 2. The van der Waals surface area contributed by atoms with Crippen LogP contribution in [0.15, 0.2) is 48.5 Å². The SMILES string of the molecule is CCOc1ccccc1C(=O)NCC(=O)N(C)CC(=O)Nc1ccc(C)cc1. The Morgan fingerprint density at radius 2 is 1.71 bits per heavy atom. The van der Waals surface area contributed by atoms with Gasteiger partial charge in [-0.25, -0.2) is 0 Å². The second-order valence-corrected chi connectivity index (χ2v) is 6.28. The van der Waals surface area contributed by atoms with E-state index in [-0.39, 0.29) is 24.9 Å². The van der Waals surface area contributed by atoms with Crippen LogP contribution in [-0.2, 0) is 9.59 Å². The number of carbonyl (C=O) groups excluding carboxylic acids is 3. The summed E-state index contributed by atoms with van der Waals surface area (Å²) >= 11 is 0. The van der Waals surface area contributed by atoms with Crippen LogP contribution < -0.4 is 15.4 Å².